The van der Waals surface area contributed by atoms with Crippen LogP contribution >= 0.6 is 11.8 Å². The molecule has 1 saturated heterocycles. The molecule has 6 heteroatoms. The number of carbonyl (C=O) groups is 2. The summed E-state index contributed by atoms with van der Waals surface area (Å²) in [6, 6.07) is 16.6. The van der Waals surface area contributed by atoms with Gasteiger partial charge in [0.1, 0.15) is 16.7 Å². The van der Waals surface area contributed by atoms with Crippen LogP contribution in [0.25, 0.3) is 0 Å². The average molecular weight is 404 g/mol. The van der Waals surface area contributed by atoms with E-state index in [1.165, 1.54) is 16.7 Å². The van der Waals surface area contributed by atoms with Crippen LogP contribution in [0, 0.1) is 25.2 Å². The van der Waals surface area contributed by atoms with Gasteiger partial charge in [-0.15, -0.1) is 6.58 Å². The summed E-state index contributed by atoms with van der Waals surface area (Å²) >= 11 is 1.23. The van der Waals surface area contributed by atoms with E-state index in [0.29, 0.717) is 22.8 Å². The fraction of sp³-hybridized carbons (Fsp3) is 0.174. The minimum absolute atomic E-state index is 0.0836. The van der Waals surface area contributed by atoms with Crippen molar-refractivity contribution in [3.63, 3.8) is 0 Å². The van der Waals surface area contributed by atoms with Crippen molar-refractivity contribution in [2.75, 3.05) is 10.2 Å². The third-order valence-corrected chi connectivity index (χ3v) is 6.04. The zero-order valence-corrected chi connectivity index (χ0v) is 17.1. The van der Waals surface area contributed by atoms with Gasteiger partial charge in [0.25, 0.3) is 5.91 Å². The van der Waals surface area contributed by atoms with Gasteiger partial charge in [-0.2, -0.15) is 5.26 Å². The van der Waals surface area contributed by atoms with Crippen LogP contribution in [0.3, 0.4) is 0 Å². The molecule has 3 rings (SSSR count). The smallest absolute Gasteiger partial charge is 0.269 e. The molecule has 0 aromatic heterocycles. The van der Waals surface area contributed by atoms with E-state index in [-0.39, 0.29) is 11.5 Å². The highest BCUT2D eigenvalue weighted by atomic mass is 32.2. The molecule has 1 aliphatic heterocycles. The minimum atomic E-state index is -0.531. The number of anilines is 2. The number of nitriles is 1. The number of benzene rings is 2. The highest BCUT2D eigenvalue weighted by molar-refractivity contribution is 8.05. The second-order valence-corrected chi connectivity index (χ2v) is 7.83. The molecule has 146 valence electrons. The van der Waals surface area contributed by atoms with E-state index in [0.717, 1.165) is 11.1 Å². The topological polar surface area (TPSA) is 73.2 Å². The number of hydrogen-bond acceptors (Lipinski definition) is 4. The van der Waals surface area contributed by atoms with E-state index in [1.807, 2.05) is 50.2 Å². The predicted octanol–water partition coefficient (Wildman–Crippen LogP) is 4.70. The molecule has 29 heavy (non-hydrogen) atoms. The number of aryl methyl sites for hydroxylation is 1. The van der Waals surface area contributed by atoms with Crippen LogP contribution in [-0.2, 0) is 9.59 Å². The van der Waals surface area contributed by atoms with Crippen molar-refractivity contribution in [2.45, 2.75) is 25.5 Å². The van der Waals surface area contributed by atoms with Crippen LogP contribution in [-0.4, -0.2) is 17.1 Å². The van der Waals surface area contributed by atoms with Gasteiger partial charge in [0.15, 0.2) is 0 Å². The molecule has 0 bridgehead atoms. The zero-order valence-electron chi connectivity index (χ0n) is 16.3. The molecule has 1 unspecified atom stereocenters. The van der Waals surface area contributed by atoms with Gasteiger partial charge in [0, 0.05) is 11.4 Å². The van der Waals surface area contributed by atoms with Gasteiger partial charge in [-0.05, 0) is 49.6 Å². The summed E-state index contributed by atoms with van der Waals surface area (Å²) in [5, 5.41) is 12.5. The monoisotopic (exact) mass is 403 g/mol. The lowest BCUT2D eigenvalue weighted by molar-refractivity contribution is -0.117. The fourth-order valence-corrected chi connectivity index (χ4v) is 4.31. The first-order chi connectivity index (χ1) is 14.0. The van der Waals surface area contributed by atoms with E-state index in [1.54, 1.807) is 24.3 Å². The zero-order chi connectivity index (χ0) is 21.0. The number of nitrogens with zero attached hydrogens (tertiary/aromatic N) is 2. The van der Waals surface area contributed by atoms with Gasteiger partial charge >= 0.3 is 0 Å². The number of hydrogen-bond donors (Lipinski definition) is 1. The normalized spacial score (nSPS) is 17.6. The lowest BCUT2D eigenvalue weighted by Crippen LogP contribution is -2.29. The van der Waals surface area contributed by atoms with E-state index < -0.39 is 11.2 Å². The van der Waals surface area contributed by atoms with Crippen LogP contribution in [0.4, 0.5) is 11.4 Å². The number of thioether (sulfide) groups is 1. The molecule has 1 heterocycles. The molecule has 5 nitrogen and oxygen atoms in total. The largest absolute Gasteiger partial charge is 0.321 e. The van der Waals surface area contributed by atoms with Gasteiger partial charge in [0.2, 0.25) is 5.91 Å². The SMILES string of the molecule is C=CCC1S/C(=C(\C#N)C(=O)Nc2cccc(C)c2C)N(c2ccccc2)C1=O. The van der Waals surface area contributed by atoms with Crippen LogP contribution in [0.2, 0.25) is 0 Å². The van der Waals surface area contributed by atoms with Crippen molar-refractivity contribution in [3.05, 3.63) is 82.9 Å². The fourth-order valence-electron chi connectivity index (χ4n) is 3.04. The average Bonchev–Trinajstić information content (AvgIpc) is 3.03. The third-order valence-electron chi connectivity index (χ3n) is 4.75. The molecule has 0 radical (unpaired) electrons. The van der Waals surface area contributed by atoms with Crippen molar-refractivity contribution in [2.24, 2.45) is 0 Å². The number of nitrogens with one attached hydrogen (secondary N) is 1. The second kappa shape index (κ2) is 8.80. The van der Waals surface area contributed by atoms with Crippen molar-refractivity contribution in [1.29, 1.82) is 5.26 Å². The molecular formula is C23H21N3O2S. The summed E-state index contributed by atoms with van der Waals surface area (Å²) in [6.07, 6.45) is 2.12. The lowest BCUT2D eigenvalue weighted by atomic mass is 10.1. The Kier molecular flexibility index (Phi) is 6.20. The Morgan fingerprint density at radius 2 is 1.97 bits per heavy atom. The van der Waals surface area contributed by atoms with E-state index >= 15 is 0 Å². The first-order valence-corrected chi connectivity index (χ1v) is 10.0. The summed E-state index contributed by atoms with van der Waals surface area (Å²) in [7, 11) is 0. The number of para-hydroxylation sites is 1. The molecule has 0 spiro atoms. The molecule has 0 saturated carbocycles. The Bertz CT molecular complexity index is 1040. The molecule has 0 aliphatic carbocycles. The Hall–Kier alpha value is -3.30. The summed E-state index contributed by atoms with van der Waals surface area (Å²) in [6.45, 7) is 7.58. The lowest BCUT2D eigenvalue weighted by Gasteiger charge is -2.18. The van der Waals surface area contributed by atoms with Crippen molar-refractivity contribution >= 4 is 35.0 Å². The van der Waals surface area contributed by atoms with E-state index in [2.05, 4.69) is 11.9 Å². The van der Waals surface area contributed by atoms with Crippen molar-refractivity contribution in [1.82, 2.24) is 0 Å². The molecule has 1 N–H and O–H groups in total. The summed E-state index contributed by atoms with van der Waals surface area (Å²) < 4.78 is 0. The quantitative estimate of drug-likeness (QED) is 0.446. The maximum absolute atomic E-state index is 13.0. The molecule has 2 amide bonds. The molecule has 2 aromatic rings. The van der Waals surface area contributed by atoms with E-state index in [4.69, 9.17) is 0 Å². The number of rotatable bonds is 5. The van der Waals surface area contributed by atoms with Gasteiger partial charge in [-0.25, -0.2) is 0 Å². The molecule has 2 aromatic carbocycles. The van der Waals surface area contributed by atoms with Crippen molar-refractivity contribution < 1.29 is 9.59 Å². The third kappa shape index (κ3) is 4.10. The second-order valence-electron chi connectivity index (χ2n) is 6.63. The van der Waals surface area contributed by atoms with Crippen LogP contribution in [0.15, 0.2) is 71.8 Å². The minimum Gasteiger partial charge on any atom is -0.321 e. The molecule has 1 aliphatic rings. The van der Waals surface area contributed by atoms with Crippen LogP contribution < -0.4 is 10.2 Å². The molecule has 1 fully saturated rings. The van der Waals surface area contributed by atoms with Gasteiger partial charge in [-0.1, -0.05) is 48.2 Å². The summed E-state index contributed by atoms with van der Waals surface area (Å²) in [5.41, 5.74) is 3.16. The number of carbonyl (C=O) groups excluding carboxylic acids is 2. The summed E-state index contributed by atoms with van der Waals surface area (Å²) in [5.74, 6) is -0.694. The molecular weight excluding hydrogens is 382 g/mol. The van der Waals surface area contributed by atoms with Crippen LogP contribution in [0.5, 0.6) is 0 Å². The Balaban J connectivity index is 2.04. The van der Waals surface area contributed by atoms with E-state index in [9.17, 15) is 14.9 Å². The van der Waals surface area contributed by atoms with Crippen molar-refractivity contribution in [3.8, 4) is 6.07 Å². The highest BCUT2D eigenvalue weighted by Crippen LogP contribution is 2.42. The molecule has 1 atom stereocenters. The highest BCUT2D eigenvalue weighted by Gasteiger charge is 2.40. The Morgan fingerprint density at radius 3 is 2.62 bits per heavy atom. The summed E-state index contributed by atoms with van der Waals surface area (Å²) in [4.78, 5) is 27.4. The predicted molar refractivity (Wildman–Crippen MR) is 117 cm³/mol. The number of allylic oxidation sites excluding steroid dienone is 1. The Morgan fingerprint density at radius 1 is 1.24 bits per heavy atom. The van der Waals surface area contributed by atoms with Gasteiger partial charge < -0.3 is 5.32 Å². The first kappa shape index (κ1) is 20.4. The van der Waals surface area contributed by atoms with Gasteiger partial charge in [0.05, 0.1) is 5.25 Å². The van der Waals surface area contributed by atoms with Gasteiger partial charge in [-0.3, -0.25) is 14.5 Å². The van der Waals surface area contributed by atoms with Crippen LogP contribution in [0.1, 0.15) is 17.5 Å². The maximum Gasteiger partial charge on any atom is 0.269 e. The number of amides is 2. The maximum atomic E-state index is 13.0. The standard InChI is InChI=1S/C23H21N3O2S/c1-4-9-20-22(28)26(17-11-6-5-7-12-17)23(29-20)18(14-24)21(27)25-19-13-8-10-15(2)16(19)3/h4-8,10-13,20H,1,9H2,2-3H3,(H,25,27)/b23-18+. The Labute approximate surface area is 174 Å². The first-order valence-electron chi connectivity index (χ1n) is 9.16.